The van der Waals surface area contributed by atoms with Gasteiger partial charge in [-0.1, -0.05) is 29.8 Å². The predicted molar refractivity (Wildman–Crippen MR) is 97.8 cm³/mol. The summed E-state index contributed by atoms with van der Waals surface area (Å²) < 4.78 is 3.22. The van der Waals surface area contributed by atoms with Crippen molar-refractivity contribution >= 4 is 34.6 Å². The molecule has 0 aliphatic carbocycles. The monoisotopic (exact) mass is 343 g/mol. The van der Waals surface area contributed by atoms with Crippen LogP contribution in [0.4, 0.5) is 5.69 Å². The maximum atomic E-state index is 12.3. The number of hydrogen-bond donors (Lipinski definition) is 1. The minimum atomic E-state index is -0.131. The summed E-state index contributed by atoms with van der Waals surface area (Å²) in [4.78, 5) is 12.3. The first kappa shape index (κ1) is 15.5. The molecule has 0 radical (unpaired) electrons. The van der Waals surface area contributed by atoms with Gasteiger partial charge < -0.3 is 5.32 Å². The molecule has 2 aromatic carbocycles. The molecule has 0 amide bonds. The smallest absolute Gasteiger partial charge is 0.272 e. The molecule has 0 aliphatic rings. The summed E-state index contributed by atoms with van der Waals surface area (Å²) in [7, 11) is 0. The Balaban J connectivity index is 2.01. The van der Waals surface area contributed by atoms with E-state index in [1.165, 1.54) is 0 Å². The van der Waals surface area contributed by atoms with Gasteiger partial charge in [0.2, 0.25) is 0 Å². The molecule has 0 saturated heterocycles. The van der Waals surface area contributed by atoms with Crippen LogP contribution in [0.2, 0.25) is 5.02 Å². The van der Waals surface area contributed by atoms with E-state index in [4.69, 9.17) is 23.8 Å². The van der Waals surface area contributed by atoms with E-state index < -0.39 is 0 Å². The lowest BCUT2D eigenvalue weighted by atomic mass is 10.3. The number of aromatic nitrogens is 2. The molecule has 4 nitrogen and oxygen atoms in total. The van der Waals surface area contributed by atoms with E-state index in [-0.39, 0.29) is 5.56 Å². The van der Waals surface area contributed by atoms with Gasteiger partial charge in [-0.15, -0.1) is 0 Å². The third-order valence-corrected chi connectivity index (χ3v) is 3.89. The van der Waals surface area contributed by atoms with Crippen molar-refractivity contribution in [1.82, 2.24) is 9.36 Å². The van der Waals surface area contributed by atoms with Crippen molar-refractivity contribution in [2.24, 2.45) is 0 Å². The van der Waals surface area contributed by atoms with Gasteiger partial charge >= 0.3 is 0 Å². The van der Waals surface area contributed by atoms with Crippen molar-refractivity contribution in [2.45, 2.75) is 6.92 Å². The van der Waals surface area contributed by atoms with Gasteiger partial charge in [-0.25, -0.2) is 9.36 Å². The quantitative estimate of drug-likeness (QED) is 0.718. The minimum absolute atomic E-state index is 0.131. The number of aryl methyl sites for hydroxylation is 1. The summed E-state index contributed by atoms with van der Waals surface area (Å²) in [5.74, 6) is 0. The van der Waals surface area contributed by atoms with Crippen molar-refractivity contribution in [2.75, 3.05) is 5.32 Å². The average Bonchev–Trinajstić information content (AvgIpc) is 2.85. The molecule has 0 atom stereocenters. The molecule has 23 heavy (non-hydrogen) atoms. The maximum Gasteiger partial charge on any atom is 0.272 e. The summed E-state index contributed by atoms with van der Waals surface area (Å²) in [6.45, 7) is 1.84. The summed E-state index contributed by atoms with van der Waals surface area (Å²) in [5, 5.41) is 4.19. The van der Waals surface area contributed by atoms with Crippen molar-refractivity contribution in [3.8, 4) is 5.69 Å². The first-order chi connectivity index (χ1) is 11.1. The van der Waals surface area contributed by atoms with Crippen LogP contribution in [0.25, 0.3) is 5.69 Å². The number of para-hydroxylation sites is 1. The summed E-state index contributed by atoms with van der Waals surface area (Å²) >= 11 is 11.4. The number of hydrogen-bond acceptors (Lipinski definition) is 2. The van der Waals surface area contributed by atoms with Crippen molar-refractivity contribution < 1.29 is 0 Å². The Kier molecular flexibility index (Phi) is 4.32. The Morgan fingerprint density at radius 1 is 1.09 bits per heavy atom. The SMILES string of the molecule is Cc1cc(=O)n(-c2ccccc2)n1C(=S)Nc1ccc(Cl)cc1. The molecule has 0 bridgehead atoms. The standard InChI is InChI=1S/C17H14ClN3OS/c1-12-11-16(22)21(15-5-3-2-4-6-15)20(12)17(23)19-14-9-7-13(18)8-10-14/h2-11H,1H3,(H,19,23). The molecule has 6 heteroatoms. The fourth-order valence-electron chi connectivity index (χ4n) is 2.33. The molecule has 1 aromatic heterocycles. The molecule has 116 valence electrons. The number of benzene rings is 2. The lowest BCUT2D eigenvalue weighted by Crippen LogP contribution is -2.30. The zero-order chi connectivity index (χ0) is 16.4. The van der Waals surface area contributed by atoms with E-state index in [2.05, 4.69) is 5.32 Å². The lowest BCUT2D eigenvalue weighted by molar-refractivity contribution is 0.748. The Morgan fingerprint density at radius 3 is 2.39 bits per heavy atom. The molecule has 0 unspecified atom stereocenters. The van der Waals surface area contributed by atoms with Gasteiger partial charge in [0.25, 0.3) is 5.56 Å². The van der Waals surface area contributed by atoms with Crippen LogP contribution < -0.4 is 10.9 Å². The van der Waals surface area contributed by atoms with Crippen LogP contribution in [0.3, 0.4) is 0 Å². The van der Waals surface area contributed by atoms with Crippen molar-refractivity contribution in [3.05, 3.63) is 81.7 Å². The van der Waals surface area contributed by atoms with Gasteiger partial charge in [0.15, 0.2) is 5.11 Å². The summed E-state index contributed by atoms with van der Waals surface area (Å²) in [6, 6.07) is 18.2. The summed E-state index contributed by atoms with van der Waals surface area (Å²) in [6.07, 6.45) is 0. The Hall–Kier alpha value is -2.37. The molecular formula is C17H14ClN3OS. The molecule has 1 N–H and O–H groups in total. The molecule has 0 spiro atoms. The number of rotatable bonds is 2. The number of halogens is 1. The van der Waals surface area contributed by atoms with Crippen LogP contribution in [0.1, 0.15) is 5.69 Å². The van der Waals surface area contributed by atoms with Crippen LogP contribution >= 0.6 is 23.8 Å². The molecule has 0 fully saturated rings. The van der Waals surface area contributed by atoms with E-state index in [0.29, 0.717) is 10.1 Å². The zero-order valence-electron chi connectivity index (χ0n) is 12.4. The van der Waals surface area contributed by atoms with Gasteiger partial charge in [0, 0.05) is 22.5 Å². The van der Waals surface area contributed by atoms with Crippen LogP contribution in [-0.4, -0.2) is 14.5 Å². The Bertz CT molecular complexity index is 898. The van der Waals surface area contributed by atoms with E-state index in [1.54, 1.807) is 27.6 Å². The molecule has 0 saturated carbocycles. The van der Waals surface area contributed by atoms with E-state index in [9.17, 15) is 4.79 Å². The van der Waals surface area contributed by atoms with Gasteiger partial charge in [-0.3, -0.25) is 4.79 Å². The van der Waals surface area contributed by atoms with Crippen LogP contribution in [0, 0.1) is 6.92 Å². The minimum Gasteiger partial charge on any atom is -0.331 e. The van der Waals surface area contributed by atoms with Crippen LogP contribution in [0.5, 0.6) is 0 Å². The van der Waals surface area contributed by atoms with Gasteiger partial charge in [-0.05, 0) is 55.5 Å². The van der Waals surface area contributed by atoms with Crippen molar-refractivity contribution in [3.63, 3.8) is 0 Å². The third-order valence-electron chi connectivity index (χ3n) is 3.36. The number of thiocarbonyl (C=S) groups is 1. The first-order valence-electron chi connectivity index (χ1n) is 7.00. The lowest BCUT2D eigenvalue weighted by Gasteiger charge is -2.16. The van der Waals surface area contributed by atoms with Crippen LogP contribution in [0.15, 0.2) is 65.5 Å². The molecular weight excluding hydrogens is 330 g/mol. The van der Waals surface area contributed by atoms with Crippen LogP contribution in [-0.2, 0) is 0 Å². The highest BCUT2D eigenvalue weighted by molar-refractivity contribution is 7.80. The fraction of sp³-hybridized carbons (Fsp3) is 0.0588. The predicted octanol–water partition coefficient (Wildman–Crippen LogP) is 3.85. The molecule has 3 aromatic rings. The fourth-order valence-corrected chi connectivity index (χ4v) is 2.80. The second kappa shape index (κ2) is 6.40. The number of nitrogens with one attached hydrogen (secondary N) is 1. The van der Waals surface area contributed by atoms with E-state index in [0.717, 1.165) is 17.1 Å². The van der Waals surface area contributed by atoms with Gasteiger partial charge in [-0.2, -0.15) is 0 Å². The van der Waals surface area contributed by atoms with Gasteiger partial charge in [0.1, 0.15) is 0 Å². The highest BCUT2D eigenvalue weighted by Crippen LogP contribution is 2.15. The van der Waals surface area contributed by atoms with Crippen molar-refractivity contribution in [1.29, 1.82) is 0 Å². The largest absolute Gasteiger partial charge is 0.331 e. The Morgan fingerprint density at radius 2 is 1.74 bits per heavy atom. The second-order valence-electron chi connectivity index (χ2n) is 5.02. The summed E-state index contributed by atoms with van der Waals surface area (Å²) in [5.41, 5.74) is 2.18. The van der Waals surface area contributed by atoms with Gasteiger partial charge in [0.05, 0.1) is 5.69 Å². The topological polar surface area (TPSA) is 39.0 Å². The normalized spacial score (nSPS) is 10.5. The number of nitrogens with zero attached hydrogens (tertiary/aromatic N) is 2. The molecule has 3 rings (SSSR count). The highest BCUT2D eigenvalue weighted by atomic mass is 35.5. The number of anilines is 1. The van der Waals surface area contributed by atoms with E-state index >= 15 is 0 Å². The first-order valence-corrected chi connectivity index (χ1v) is 7.79. The molecule has 1 heterocycles. The Labute approximate surface area is 143 Å². The zero-order valence-corrected chi connectivity index (χ0v) is 13.9. The maximum absolute atomic E-state index is 12.3. The highest BCUT2D eigenvalue weighted by Gasteiger charge is 2.13. The van der Waals surface area contributed by atoms with E-state index in [1.807, 2.05) is 49.4 Å². The second-order valence-corrected chi connectivity index (χ2v) is 5.84. The third kappa shape index (κ3) is 3.21. The molecule has 0 aliphatic heterocycles. The average molecular weight is 344 g/mol.